The molecule has 5 heteroatoms. The zero-order valence-electron chi connectivity index (χ0n) is 15.0. The zero-order valence-corrected chi connectivity index (χ0v) is 15.0. The molecule has 130 valence electrons. The van der Waals surface area contributed by atoms with Crippen LogP contribution >= 0.6 is 0 Å². The summed E-state index contributed by atoms with van der Waals surface area (Å²) in [5, 5.41) is 3.84. The summed E-state index contributed by atoms with van der Waals surface area (Å²) in [5.41, 5.74) is 3.33. The molecule has 2 aromatic rings. The fourth-order valence-electron chi connectivity index (χ4n) is 3.22. The maximum Gasteiger partial charge on any atom is 0.286 e. The molecule has 25 heavy (non-hydrogen) atoms. The average molecular weight is 336 g/mol. The Morgan fingerprint density at radius 1 is 1.04 bits per heavy atom. The number of carbonyl (C=O) groups excluding carboxylic acids is 1. The normalized spacial score (nSPS) is 17.3. The molecule has 1 aliphatic rings. The van der Waals surface area contributed by atoms with Crippen LogP contribution in [-0.2, 0) is 4.79 Å². The van der Waals surface area contributed by atoms with E-state index in [1.165, 1.54) is 0 Å². The van der Waals surface area contributed by atoms with Gasteiger partial charge in [-0.05, 0) is 24.6 Å². The van der Waals surface area contributed by atoms with Crippen molar-refractivity contribution < 1.29 is 4.79 Å². The summed E-state index contributed by atoms with van der Waals surface area (Å²) in [6.07, 6.45) is 2.36. The van der Waals surface area contributed by atoms with Crippen LogP contribution in [0.4, 0.5) is 5.69 Å². The Morgan fingerprint density at radius 2 is 1.76 bits per heavy atom. The number of nitrogens with zero attached hydrogens (tertiary/aromatic N) is 4. The average Bonchev–Trinajstić information content (AvgIpc) is 2.79. The third-order valence-electron chi connectivity index (χ3n) is 4.50. The first-order valence-electron chi connectivity index (χ1n) is 8.87. The third kappa shape index (κ3) is 3.20. The van der Waals surface area contributed by atoms with Gasteiger partial charge in [0.25, 0.3) is 5.91 Å². The number of pyridine rings is 1. The minimum absolute atomic E-state index is 0.0444. The molecule has 0 saturated carbocycles. The first-order valence-corrected chi connectivity index (χ1v) is 8.87. The number of hydrogen-bond donors (Lipinski definition) is 0. The zero-order chi connectivity index (χ0) is 17.8. The molecule has 0 radical (unpaired) electrons. The Labute approximate surface area is 149 Å². The van der Waals surface area contributed by atoms with Gasteiger partial charge in [-0.25, -0.2) is 10.0 Å². The number of para-hydroxylation sites is 1. The van der Waals surface area contributed by atoms with E-state index in [4.69, 9.17) is 4.99 Å². The number of amides is 1. The van der Waals surface area contributed by atoms with Gasteiger partial charge in [0, 0.05) is 24.8 Å². The van der Waals surface area contributed by atoms with E-state index in [0.717, 1.165) is 30.0 Å². The van der Waals surface area contributed by atoms with Crippen LogP contribution < -0.4 is 5.01 Å². The van der Waals surface area contributed by atoms with Gasteiger partial charge in [0.05, 0.1) is 11.4 Å². The first-order chi connectivity index (χ1) is 12.2. The standard InChI is InChI=1S/C20H24N4O/c1-4-16-20(25)24(23(5-2)6-3)18-13-8-7-11-15(18)19(22-16)17-12-9-10-14-21-17/h7-14,19H,4-6H2,1-3H3. The van der Waals surface area contributed by atoms with E-state index < -0.39 is 0 Å². The van der Waals surface area contributed by atoms with E-state index in [1.807, 2.05) is 54.4 Å². The minimum Gasteiger partial charge on any atom is -0.269 e. The highest BCUT2D eigenvalue weighted by atomic mass is 16.2. The minimum atomic E-state index is -0.267. The van der Waals surface area contributed by atoms with Crippen LogP contribution in [0, 0.1) is 0 Å². The van der Waals surface area contributed by atoms with Crippen molar-refractivity contribution in [3.8, 4) is 0 Å². The largest absolute Gasteiger partial charge is 0.286 e. The summed E-state index contributed by atoms with van der Waals surface area (Å²) < 4.78 is 0. The van der Waals surface area contributed by atoms with Crippen LogP contribution in [-0.4, -0.2) is 34.7 Å². The number of hydrogen-bond acceptors (Lipinski definition) is 4. The molecule has 0 spiro atoms. The summed E-state index contributed by atoms with van der Waals surface area (Å²) in [7, 11) is 0. The predicted molar refractivity (Wildman–Crippen MR) is 101 cm³/mol. The fraction of sp³-hybridized carbons (Fsp3) is 0.350. The molecule has 5 nitrogen and oxygen atoms in total. The molecule has 1 aromatic heterocycles. The molecule has 3 rings (SSSR count). The van der Waals surface area contributed by atoms with Crippen LogP contribution in [0.15, 0.2) is 53.7 Å². The lowest BCUT2D eigenvalue weighted by molar-refractivity contribution is -0.115. The molecule has 0 bridgehead atoms. The predicted octanol–water partition coefficient (Wildman–Crippen LogP) is 3.63. The van der Waals surface area contributed by atoms with Crippen molar-refractivity contribution in [3.63, 3.8) is 0 Å². The fourth-order valence-corrected chi connectivity index (χ4v) is 3.22. The van der Waals surface area contributed by atoms with Crippen LogP contribution in [0.3, 0.4) is 0 Å². The molecule has 1 aromatic carbocycles. The molecule has 1 amide bonds. The number of benzene rings is 1. The van der Waals surface area contributed by atoms with Gasteiger partial charge in [0.2, 0.25) is 0 Å². The smallest absolute Gasteiger partial charge is 0.269 e. The van der Waals surface area contributed by atoms with E-state index in [-0.39, 0.29) is 11.9 Å². The number of anilines is 1. The summed E-state index contributed by atoms with van der Waals surface area (Å²) in [6.45, 7) is 7.60. The van der Waals surface area contributed by atoms with Gasteiger partial charge in [-0.1, -0.05) is 45.0 Å². The van der Waals surface area contributed by atoms with E-state index in [1.54, 1.807) is 11.2 Å². The molecule has 1 atom stereocenters. The van der Waals surface area contributed by atoms with E-state index >= 15 is 0 Å². The Balaban J connectivity index is 2.22. The SMILES string of the molecule is CCC1=NC(c2ccccn2)c2ccccc2N(N(CC)CC)C1=O. The van der Waals surface area contributed by atoms with Crippen LogP contribution in [0.5, 0.6) is 0 Å². The highest BCUT2D eigenvalue weighted by Gasteiger charge is 2.33. The number of aliphatic imine (C=N–C) groups is 1. The second-order valence-corrected chi connectivity index (χ2v) is 5.90. The van der Waals surface area contributed by atoms with Gasteiger partial charge in [-0.3, -0.25) is 14.8 Å². The number of hydrazine groups is 1. The van der Waals surface area contributed by atoms with Crippen molar-refractivity contribution in [2.24, 2.45) is 4.99 Å². The molecular weight excluding hydrogens is 312 g/mol. The maximum atomic E-state index is 13.2. The molecule has 2 heterocycles. The summed E-state index contributed by atoms with van der Waals surface area (Å²) >= 11 is 0. The molecule has 0 fully saturated rings. The van der Waals surface area contributed by atoms with Crippen molar-refractivity contribution in [2.75, 3.05) is 18.1 Å². The quantitative estimate of drug-likeness (QED) is 0.838. The second-order valence-electron chi connectivity index (χ2n) is 5.90. The highest BCUT2D eigenvalue weighted by Crippen LogP contribution is 2.36. The van der Waals surface area contributed by atoms with Gasteiger partial charge in [0.15, 0.2) is 0 Å². The highest BCUT2D eigenvalue weighted by molar-refractivity contribution is 6.43. The maximum absolute atomic E-state index is 13.2. The Kier molecular flexibility index (Phi) is 5.24. The van der Waals surface area contributed by atoms with Gasteiger partial charge >= 0.3 is 0 Å². The van der Waals surface area contributed by atoms with Crippen molar-refractivity contribution in [1.29, 1.82) is 0 Å². The molecule has 0 aliphatic carbocycles. The van der Waals surface area contributed by atoms with Crippen molar-refractivity contribution in [2.45, 2.75) is 33.2 Å². The number of rotatable bonds is 5. The Morgan fingerprint density at radius 3 is 2.40 bits per heavy atom. The van der Waals surface area contributed by atoms with Gasteiger partial charge in [-0.15, -0.1) is 0 Å². The van der Waals surface area contributed by atoms with Gasteiger partial charge < -0.3 is 0 Å². The Hall–Kier alpha value is -2.53. The van der Waals surface area contributed by atoms with Crippen molar-refractivity contribution in [1.82, 2.24) is 9.99 Å². The lowest BCUT2D eigenvalue weighted by atomic mass is 10.0. The number of aromatic nitrogens is 1. The van der Waals surface area contributed by atoms with E-state index in [2.05, 4.69) is 18.8 Å². The lowest BCUT2D eigenvalue weighted by Crippen LogP contribution is -2.49. The van der Waals surface area contributed by atoms with Crippen molar-refractivity contribution >= 4 is 17.3 Å². The topological polar surface area (TPSA) is 48.8 Å². The molecule has 0 N–H and O–H groups in total. The van der Waals surface area contributed by atoms with E-state index in [9.17, 15) is 4.79 Å². The molecule has 1 aliphatic heterocycles. The number of fused-ring (bicyclic) bond motifs is 1. The monoisotopic (exact) mass is 336 g/mol. The summed E-state index contributed by atoms with van der Waals surface area (Å²) in [5.74, 6) is -0.0444. The summed E-state index contributed by atoms with van der Waals surface area (Å²) in [6, 6.07) is 13.6. The lowest BCUT2D eigenvalue weighted by Gasteiger charge is -2.33. The second kappa shape index (κ2) is 7.57. The van der Waals surface area contributed by atoms with Crippen LogP contribution in [0.2, 0.25) is 0 Å². The van der Waals surface area contributed by atoms with Crippen LogP contribution in [0.1, 0.15) is 44.5 Å². The van der Waals surface area contributed by atoms with Gasteiger partial charge in [0.1, 0.15) is 11.8 Å². The Bertz CT molecular complexity index is 768. The number of carbonyl (C=O) groups is 1. The van der Waals surface area contributed by atoms with E-state index in [0.29, 0.717) is 12.1 Å². The summed E-state index contributed by atoms with van der Waals surface area (Å²) in [4.78, 5) is 22.5. The van der Waals surface area contributed by atoms with Crippen molar-refractivity contribution in [3.05, 3.63) is 59.9 Å². The molecular formula is C20H24N4O. The molecule has 1 unspecified atom stereocenters. The van der Waals surface area contributed by atoms with Crippen LogP contribution in [0.25, 0.3) is 0 Å². The third-order valence-corrected chi connectivity index (χ3v) is 4.50. The first kappa shape index (κ1) is 17.3. The van der Waals surface area contributed by atoms with Gasteiger partial charge in [-0.2, -0.15) is 0 Å². The molecule has 0 saturated heterocycles.